The van der Waals surface area contributed by atoms with Crippen LogP contribution < -0.4 is 0 Å². The topological polar surface area (TPSA) is 60.5 Å². The van der Waals surface area contributed by atoms with Gasteiger partial charge in [-0.25, -0.2) is 0 Å². The number of alkyl halides is 3. The molecular formula is C14H12F3N3O2. The van der Waals surface area contributed by atoms with Crippen LogP contribution in [0.15, 0.2) is 33.9 Å². The number of aromatic nitrogens is 2. The van der Waals surface area contributed by atoms with Crippen molar-refractivity contribution in [1.82, 2.24) is 10.1 Å². The predicted octanol–water partition coefficient (Wildman–Crippen LogP) is 3.35. The van der Waals surface area contributed by atoms with Crippen LogP contribution >= 0.6 is 0 Å². The molecule has 1 unspecified atom stereocenters. The third kappa shape index (κ3) is 2.81. The Morgan fingerprint density at radius 2 is 1.86 bits per heavy atom. The van der Waals surface area contributed by atoms with Crippen LogP contribution in [0.1, 0.15) is 24.7 Å². The molecule has 0 fully saturated rings. The molecular weight excluding hydrogens is 299 g/mol. The van der Waals surface area contributed by atoms with E-state index in [1.807, 2.05) is 6.92 Å². The van der Waals surface area contributed by atoms with E-state index >= 15 is 0 Å². The van der Waals surface area contributed by atoms with E-state index in [4.69, 9.17) is 4.52 Å². The lowest BCUT2D eigenvalue weighted by atomic mass is 10.0. The molecule has 2 heterocycles. The summed E-state index contributed by atoms with van der Waals surface area (Å²) in [6.45, 7) is 1.91. The van der Waals surface area contributed by atoms with Crippen molar-refractivity contribution in [3.05, 3.63) is 35.7 Å². The maximum atomic E-state index is 12.5. The molecule has 0 aliphatic carbocycles. The molecule has 0 bridgehead atoms. The summed E-state index contributed by atoms with van der Waals surface area (Å²) in [6, 6.07) is 6.72. The third-order valence-corrected chi connectivity index (χ3v) is 3.28. The second kappa shape index (κ2) is 5.43. The predicted molar refractivity (Wildman–Crippen MR) is 71.2 cm³/mol. The van der Waals surface area contributed by atoms with E-state index in [2.05, 4.69) is 20.1 Å². The maximum absolute atomic E-state index is 12.5. The van der Waals surface area contributed by atoms with Crippen LogP contribution in [0.25, 0.3) is 11.5 Å². The summed E-state index contributed by atoms with van der Waals surface area (Å²) in [7, 11) is 0. The lowest BCUT2D eigenvalue weighted by molar-refractivity contribution is -0.212. The molecule has 5 nitrogen and oxygen atoms in total. The smallest absolute Gasteiger partial charge is 0.382 e. The number of aryl methyl sites for hydroxylation is 1. The minimum absolute atomic E-state index is 0.272. The van der Waals surface area contributed by atoms with Gasteiger partial charge in [0.05, 0.1) is 5.71 Å². The average Bonchev–Trinajstić information content (AvgIpc) is 3.16. The maximum Gasteiger partial charge on any atom is 0.428 e. The van der Waals surface area contributed by atoms with E-state index < -0.39 is 12.3 Å². The summed E-state index contributed by atoms with van der Waals surface area (Å²) in [5, 5.41) is 7.31. The lowest BCUT2D eigenvalue weighted by Gasteiger charge is -2.11. The van der Waals surface area contributed by atoms with Gasteiger partial charge in [-0.15, -0.1) is 0 Å². The molecule has 1 aliphatic heterocycles. The number of hydrogen-bond donors (Lipinski definition) is 0. The first-order valence-electron chi connectivity index (χ1n) is 6.70. The highest BCUT2D eigenvalue weighted by atomic mass is 19.4. The van der Waals surface area contributed by atoms with Crippen molar-refractivity contribution >= 4 is 5.71 Å². The molecule has 2 aromatic rings. The van der Waals surface area contributed by atoms with Gasteiger partial charge in [0.2, 0.25) is 6.10 Å². The summed E-state index contributed by atoms with van der Waals surface area (Å²) < 4.78 is 42.7. The fraction of sp³-hybridized carbons (Fsp3) is 0.357. The largest absolute Gasteiger partial charge is 0.428 e. The van der Waals surface area contributed by atoms with Crippen LogP contribution in [-0.4, -0.2) is 28.1 Å². The van der Waals surface area contributed by atoms with Gasteiger partial charge in [0.15, 0.2) is 5.82 Å². The highest BCUT2D eigenvalue weighted by molar-refractivity contribution is 6.01. The zero-order valence-electron chi connectivity index (χ0n) is 11.6. The van der Waals surface area contributed by atoms with Crippen LogP contribution in [0.3, 0.4) is 0 Å². The molecule has 0 amide bonds. The zero-order valence-corrected chi connectivity index (χ0v) is 11.6. The standard InChI is InChI=1S/C14H12F3N3O2/c1-2-12-18-13(22-20-12)9-5-3-8(4-6-9)10-7-11(21-19-10)14(15,16)17/h3-6,11H,2,7H2,1H3. The highest BCUT2D eigenvalue weighted by Crippen LogP contribution is 2.31. The van der Waals surface area contributed by atoms with Crippen molar-refractivity contribution in [1.29, 1.82) is 0 Å². The van der Waals surface area contributed by atoms with Crippen molar-refractivity contribution in [2.45, 2.75) is 32.0 Å². The third-order valence-electron chi connectivity index (χ3n) is 3.28. The van der Waals surface area contributed by atoms with Gasteiger partial charge in [-0.1, -0.05) is 29.4 Å². The molecule has 0 saturated heterocycles. The van der Waals surface area contributed by atoms with E-state index in [1.165, 1.54) is 0 Å². The summed E-state index contributed by atoms with van der Waals surface area (Å²) in [6.07, 6.45) is -5.91. The Morgan fingerprint density at radius 3 is 2.41 bits per heavy atom. The Kier molecular flexibility index (Phi) is 3.59. The fourth-order valence-corrected chi connectivity index (χ4v) is 2.04. The van der Waals surface area contributed by atoms with E-state index in [-0.39, 0.29) is 12.1 Å². The monoisotopic (exact) mass is 311 g/mol. The Bertz CT molecular complexity index is 692. The van der Waals surface area contributed by atoms with E-state index in [9.17, 15) is 13.2 Å². The Hall–Kier alpha value is -2.38. The van der Waals surface area contributed by atoms with Gasteiger partial charge in [0.25, 0.3) is 5.89 Å². The first kappa shape index (κ1) is 14.6. The van der Waals surface area contributed by atoms with Crippen molar-refractivity contribution in [3.8, 4) is 11.5 Å². The van der Waals surface area contributed by atoms with Gasteiger partial charge in [0, 0.05) is 18.4 Å². The molecule has 3 rings (SSSR count). The van der Waals surface area contributed by atoms with Crippen molar-refractivity contribution in [3.63, 3.8) is 0 Å². The number of benzene rings is 1. The summed E-state index contributed by atoms with van der Waals surface area (Å²) >= 11 is 0. The van der Waals surface area contributed by atoms with Crippen molar-refractivity contribution < 1.29 is 22.5 Å². The number of nitrogens with zero attached hydrogens (tertiary/aromatic N) is 3. The van der Waals surface area contributed by atoms with E-state index in [1.54, 1.807) is 24.3 Å². The van der Waals surface area contributed by atoms with Gasteiger partial charge in [-0.2, -0.15) is 18.2 Å². The molecule has 0 N–H and O–H groups in total. The van der Waals surface area contributed by atoms with Crippen molar-refractivity contribution in [2.24, 2.45) is 5.16 Å². The number of rotatable bonds is 3. The summed E-state index contributed by atoms with van der Waals surface area (Å²) in [5.74, 6) is 0.974. The van der Waals surface area contributed by atoms with Crippen LogP contribution in [0, 0.1) is 0 Å². The molecule has 0 spiro atoms. The lowest BCUT2D eigenvalue weighted by Crippen LogP contribution is -2.28. The quantitative estimate of drug-likeness (QED) is 0.872. The first-order valence-corrected chi connectivity index (χ1v) is 6.70. The van der Waals surface area contributed by atoms with Crippen LogP contribution in [0.5, 0.6) is 0 Å². The summed E-state index contributed by atoms with van der Waals surface area (Å²) in [4.78, 5) is 8.63. The second-order valence-corrected chi connectivity index (χ2v) is 4.82. The van der Waals surface area contributed by atoms with Crippen LogP contribution in [-0.2, 0) is 11.3 Å². The highest BCUT2D eigenvalue weighted by Gasteiger charge is 2.45. The molecule has 1 atom stereocenters. The zero-order chi connectivity index (χ0) is 15.7. The fourth-order valence-electron chi connectivity index (χ4n) is 2.04. The molecule has 0 saturated carbocycles. The Morgan fingerprint density at radius 1 is 1.18 bits per heavy atom. The molecule has 8 heteroatoms. The van der Waals surface area contributed by atoms with E-state index in [0.717, 1.165) is 0 Å². The molecule has 1 aromatic heterocycles. The van der Waals surface area contributed by atoms with Gasteiger partial charge in [0.1, 0.15) is 0 Å². The molecule has 1 aromatic carbocycles. The normalized spacial score (nSPS) is 18.2. The molecule has 0 radical (unpaired) electrons. The van der Waals surface area contributed by atoms with Crippen LogP contribution in [0.2, 0.25) is 0 Å². The number of halogens is 3. The minimum atomic E-state index is -4.41. The SMILES string of the molecule is CCc1noc(-c2ccc(C3=NOC(C(F)(F)F)C3)cc2)n1. The minimum Gasteiger partial charge on any atom is -0.382 e. The second-order valence-electron chi connectivity index (χ2n) is 4.82. The van der Waals surface area contributed by atoms with Crippen LogP contribution in [0.4, 0.5) is 13.2 Å². The van der Waals surface area contributed by atoms with Gasteiger partial charge in [-0.3, -0.25) is 0 Å². The van der Waals surface area contributed by atoms with Gasteiger partial charge < -0.3 is 9.36 Å². The molecule has 1 aliphatic rings. The molecule has 116 valence electrons. The van der Waals surface area contributed by atoms with Gasteiger partial charge in [-0.05, 0) is 17.7 Å². The van der Waals surface area contributed by atoms with Crippen molar-refractivity contribution in [2.75, 3.05) is 0 Å². The Balaban J connectivity index is 1.75. The Labute approximate surface area is 123 Å². The van der Waals surface area contributed by atoms with Gasteiger partial charge >= 0.3 is 6.18 Å². The average molecular weight is 311 g/mol. The number of oxime groups is 1. The summed E-state index contributed by atoms with van der Waals surface area (Å²) in [5.41, 5.74) is 1.54. The number of hydrogen-bond acceptors (Lipinski definition) is 5. The molecule has 22 heavy (non-hydrogen) atoms. The van der Waals surface area contributed by atoms with E-state index in [0.29, 0.717) is 29.3 Å². The first-order chi connectivity index (χ1) is 10.5.